The number of unbranched alkanes of at least 4 members (excludes halogenated alkanes) is 28. The minimum atomic E-state index is 0. The van der Waals surface area contributed by atoms with Crippen molar-refractivity contribution in [1.82, 2.24) is 0 Å². The molecule has 2 nitrogen and oxygen atoms in total. The van der Waals surface area contributed by atoms with Gasteiger partial charge in [-0.05, 0) is 25.7 Å². The molecule has 0 aliphatic carbocycles. The van der Waals surface area contributed by atoms with Gasteiger partial charge in [-0.3, -0.25) is 0 Å². The first-order valence-electron chi connectivity index (χ1n) is 17.9. The fourth-order valence-corrected chi connectivity index (χ4v) is 5.93. The highest BCUT2D eigenvalue weighted by atomic mass is 16.0. The van der Waals surface area contributed by atoms with E-state index in [1.165, 1.54) is 210 Å². The third-order valence-electron chi connectivity index (χ3n) is 8.73. The molecule has 0 amide bonds. The van der Waals surface area contributed by atoms with E-state index >= 15 is 0 Å². The molecule has 0 saturated carbocycles. The highest BCUT2D eigenvalue weighted by Crippen LogP contribution is 2.16. The van der Waals surface area contributed by atoms with Crippen LogP contribution < -0.4 is 0 Å². The molecule has 1 N–H and O–H groups in total. The van der Waals surface area contributed by atoms with E-state index in [0.717, 1.165) is 0 Å². The zero-order valence-corrected chi connectivity index (χ0v) is 27.5. The molecule has 2 heteroatoms. The van der Waals surface area contributed by atoms with Crippen LogP contribution in [0, 0.1) is 0 Å². The second-order valence-electron chi connectivity index (χ2n) is 13.3. The quantitative estimate of drug-likeness (QED) is 0.0617. The summed E-state index contributed by atoms with van der Waals surface area (Å²) in [7, 11) is 4.93. The van der Waals surface area contributed by atoms with Crippen molar-refractivity contribution < 1.29 is 9.96 Å². The number of quaternary nitrogens is 1. The van der Waals surface area contributed by atoms with Gasteiger partial charge >= 0.3 is 0 Å². The Morgan fingerprint density at radius 2 is 0.421 bits per heavy atom. The van der Waals surface area contributed by atoms with Crippen molar-refractivity contribution in [1.29, 1.82) is 0 Å². The van der Waals surface area contributed by atoms with Crippen LogP contribution in [0.2, 0.25) is 0 Å². The van der Waals surface area contributed by atoms with Gasteiger partial charge in [0.2, 0.25) is 0 Å². The van der Waals surface area contributed by atoms with Gasteiger partial charge in [0, 0.05) is 0 Å². The van der Waals surface area contributed by atoms with Crippen molar-refractivity contribution in [3.63, 3.8) is 0 Å². The van der Waals surface area contributed by atoms with Crippen LogP contribution in [0.5, 0.6) is 0 Å². The second kappa shape index (κ2) is 33.1. The monoisotopic (exact) mass is 540 g/mol. The Hall–Kier alpha value is -0.0800. The third kappa shape index (κ3) is 33.9. The van der Waals surface area contributed by atoms with E-state index in [0.29, 0.717) is 0 Å². The average molecular weight is 540 g/mol. The standard InChI is InChI=1S/C36H76N.H2O/c1-5-7-9-11-13-15-17-19-21-22-24-26-28-30-32-34-36-37(3,4)35-33-31-29-27-25-23-20-18-16-14-12-10-8-6-2;/h5-36H2,1-4H3;1H2/q+1;/p-1. The molecule has 0 bridgehead atoms. The van der Waals surface area contributed by atoms with E-state index in [1.54, 1.807) is 0 Å². The van der Waals surface area contributed by atoms with Gasteiger partial charge in [-0.2, -0.15) is 0 Å². The topological polar surface area (TPSA) is 30.0 Å². The predicted molar refractivity (Wildman–Crippen MR) is 174 cm³/mol. The van der Waals surface area contributed by atoms with Crippen LogP contribution in [-0.4, -0.2) is 37.1 Å². The molecule has 0 aromatic carbocycles. The number of rotatable bonds is 32. The summed E-state index contributed by atoms with van der Waals surface area (Å²) in [5.41, 5.74) is 0. The number of hydrogen-bond donors (Lipinski definition) is 0. The molecule has 0 rings (SSSR count). The highest BCUT2D eigenvalue weighted by Gasteiger charge is 2.13. The zero-order chi connectivity index (χ0) is 27.1. The summed E-state index contributed by atoms with van der Waals surface area (Å²) in [6.45, 7) is 7.39. The van der Waals surface area contributed by atoms with Crippen molar-refractivity contribution in [2.75, 3.05) is 27.2 Å². The molecule has 0 radical (unpaired) electrons. The summed E-state index contributed by atoms with van der Waals surface area (Å²) in [6, 6.07) is 0. The van der Waals surface area contributed by atoms with Gasteiger partial charge < -0.3 is 9.96 Å². The van der Waals surface area contributed by atoms with Gasteiger partial charge in [-0.1, -0.05) is 181 Å². The first-order chi connectivity index (χ1) is 18.1. The molecule has 0 aliphatic heterocycles. The first kappa shape index (κ1) is 40.1. The fourth-order valence-electron chi connectivity index (χ4n) is 5.93. The summed E-state index contributed by atoms with van der Waals surface area (Å²) >= 11 is 0. The molecular formula is C36H77NO. The smallest absolute Gasteiger partial charge is 0.0782 e. The highest BCUT2D eigenvalue weighted by molar-refractivity contribution is 4.52. The molecule has 0 aromatic heterocycles. The van der Waals surface area contributed by atoms with E-state index in [-0.39, 0.29) is 5.48 Å². The molecule has 0 spiro atoms. The molecule has 0 saturated heterocycles. The van der Waals surface area contributed by atoms with Crippen LogP contribution in [0.4, 0.5) is 0 Å². The van der Waals surface area contributed by atoms with Gasteiger partial charge in [0.05, 0.1) is 27.2 Å². The van der Waals surface area contributed by atoms with E-state index < -0.39 is 0 Å². The van der Waals surface area contributed by atoms with E-state index in [2.05, 4.69) is 27.9 Å². The Bertz CT molecular complexity index is 408. The van der Waals surface area contributed by atoms with Crippen molar-refractivity contribution in [2.24, 2.45) is 0 Å². The van der Waals surface area contributed by atoms with Crippen LogP contribution in [0.1, 0.15) is 206 Å². The van der Waals surface area contributed by atoms with Crippen LogP contribution in [0.15, 0.2) is 0 Å². The molecule has 0 aliphatic rings. The molecule has 0 unspecified atom stereocenters. The molecule has 0 atom stereocenters. The minimum absolute atomic E-state index is 0. The zero-order valence-electron chi connectivity index (χ0n) is 27.5. The summed E-state index contributed by atoms with van der Waals surface area (Å²) in [5, 5.41) is 0. The van der Waals surface area contributed by atoms with E-state index in [4.69, 9.17) is 0 Å². The molecule has 38 heavy (non-hydrogen) atoms. The predicted octanol–water partition coefficient (Wildman–Crippen LogP) is 12.6. The van der Waals surface area contributed by atoms with Gasteiger partial charge in [-0.15, -0.1) is 0 Å². The molecule has 0 aromatic rings. The van der Waals surface area contributed by atoms with E-state index in [9.17, 15) is 0 Å². The lowest BCUT2D eigenvalue weighted by atomic mass is 10.0. The number of nitrogens with zero attached hydrogens (tertiary/aromatic N) is 1. The van der Waals surface area contributed by atoms with Crippen molar-refractivity contribution in [3.05, 3.63) is 0 Å². The van der Waals surface area contributed by atoms with Gasteiger partial charge in [0.25, 0.3) is 0 Å². The van der Waals surface area contributed by atoms with Crippen LogP contribution >= 0.6 is 0 Å². The largest absolute Gasteiger partial charge is 0.870 e. The maximum atomic E-state index is 2.47. The number of hydrogen-bond acceptors (Lipinski definition) is 1. The molecular weight excluding hydrogens is 462 g/mol. The average Bonchev–Trinajstić information content (AvgIpc) is 2.88. The third-order valence-corrected chi connectivity index (χ3v) is 8.73. The normalized spacial score (nSPS) is 11.7. The maximum Gasteiger partial charge on any atom is 0.0782 e. The Labute approximate surface area is 243 Å². The lowest BCUT2D eigenvalue weighted by Gasteiger charge is -2.30. The lowest BCUT2D eigenvalue weighted by molar-refractivity contribution is -0.890. The van der Waals surface area contributed by atoms with Crippen LogP contribution in [-0.2, 0) is 0 Å². The van der Waals surface area contributed by atoms with E-state index in [1.807, 2.05) is 0 Å². The molecule has 0 heterocycles. The van der Waals surface area contributed by atoms with Crippen molar-refractivity contribution >= 4 is 0 Å². The summed E-state index contributed by atoms with van der Waals surface area (Å²) in [4.78, 5) is 0. The Morgan fingerprint density at radius 1 is 0.263 bits per heavy atom. The summed E-state index contributed by atoms with van der Waals surface area (Å²) in [6.07, 6.45) is 43.9. The fraction of sp³-hybridized carbons (Fsp3) is 1.00. The molecule has 0 fully saturated rings. The van der Waals surface area contributed by atoms with Crippen LogP contribution in [0.25, 0.3) is 0 Å². The SMILES string of the molecule is CCCCCCCCCCCCCCCCCC[N+](C)(C)CCCCCCCCCCCCCCCC.[OH-]. The minimum Gasteiger partial charge on any atom is -0.870 e. The molecule has 232 valence electrons. The first-order valence-corrected chi connectivity index (χ1v) is 17.9. The van der Waals surface area contributed by atoms with Gasteiger partial charge in [-0.25, -0.2) is 0 Å². The van der Waals surface area contributed by atoms with Crippen molar-refractivity contribution in [2.45, 2.75) is 206 Å². The maximum absolute atomic E-state index is 2.47. The Balaban J connectivity index is 0. The Kier molecular flexibility index (Phi) is 34.9. The van der Waals surface area contributed by atoms with Crippen molar-refractivity contribution in [3.8, 4) is 0 Å². The van der Waals surface area contributed by atoms with Gasteiger partial charge in [0.1, 0.15) is 0 Å². The van der Waals surface area contributed by atoms with Crippen LogP contribution in [0.3, 0.4) is 0 Å². The summed E-state index contributed by atoms with van der Waals surface area (Å²) < 4.78 is 1.25. The summed E-state index contributed by atoms with van der Waals surface area (Å²) in [5.74, 6) is 0. The van der Waals surface area contributed by atoms with Gasteiger partial charge in [0.15, 0.2) is 0 Å². The Morgan fingerprint density at radius 3 is 0.605 bits per heavy atom. The second-order valence-corrected chi connectivity index (χ2v) is 13.3. The lowest BCUT2D eigenvalue weighted by Crippen LogP contribution is -2.41.